The van der Waals surface area contributed by atoms with Crippen LogP contribution in [0, 0.1) is 0 Å². The molecule has 0 radical (unpaired) electrons. The zero-order valence-electron chi connectivity index (χ0n) is 8.96. The van der Waals surface area contributed by atoms with Crippen LogP contribution in [-0.2, 0) is 12.8 Å². The Morgan fingerprint density at radius 2 is 2.29 bits per heavy atom. The van der Waals surface area contributed by atoms with Crippen LogP contribution >= 0.6 is 0 Å². The maximum absolute atomic E-state index is 5.79. The molecular formula is C12H18N2. The van der Waals surface area contributed by atoms with E-state index in [0.29, 0.717) is 5.82 Å². The summed E-state index contributed by atoms with van der Waals surface area (Å²) < 4.78 is 0. The quantitative estimate of drug-likeness (QED) is 0.741. The summed E-state index contributed by atoms with van der Waals surface area (Å²) in [5, 5.41) is 0. The molecule has 1 aromatic heterocycles. The number of anilines is 1. The molecule has 0 aliphatic carbocycles. The number of allylic oxidation sites excluding steroid dienone is 2. The van der Waals surface area contributed by atoms with Crippen molar-refractivity contribution >= 4 is 5.82 Å². The van der Waals surface area contributed by atoms with Crippen LogP contribution < -0.4 is 5.73 Å². The molecule has 2 N–H and O–H groups in total. The average Bonchev–Trinajstić information content (AvgIpc) is 2.21. The summed E-state index contributed by atoms with van der Waals surface area (Å²) in [6, 6.07) is 2.16. The molecule has 0 saturated heterocycles. The SMILES string of the molecule is C/C=C\CCc1cc(CC)cnc1N. The Morgan fingerprint density at radius 1 is 1.50 bits per heavy atom. The molecule has 1 rings (SSSR count). The molecule has 2 nitrogen and oxygen atoms in total. The normalized spacial score (nSPS) is 11.0. The monoisotopic (exact) mass is 190 g/mol. The van der Waals surface area contributed by atoms with Crippen molar-refractivity contribution < 1.29 is 0 Å². The lowest BCUT2D eigenvalue weighted by atomic mass is 10.1. The molecule has 0 amide bonds. The van der Waals surface area contributed by atoms with E-state index in [2.05, 4.69) is 30.1 Å². The highest BCUT2D eigenvalue weighted by molar-refractivity contribution is 5.41. The smallest absolute Gasteiger partial charge is 0.126 e. The van der Waals surface area contributed by atoms with Crippen molar-refractivity contribution in [1.29, 1.82) is 0 Å². The Labute approximate surface area is 85.9 Å². The first-order valence-corrected chi connectivity index (χ1v) is 5.12. The van der Waals surface area contributed by atoms with E-state index in [4.69, 9.17) is 5.73 Å². The number of rotatable bonds is 4. The molecule has 0 fully saturated rings. The lowest BCUT2D eigenvalue weighted by Gasteiger charge is -2.05. The lowest BCUT2D eigenvalue weighted by Crippen LogP contribution is -1.99. The summed E-state index contributed by atoms with van der Waals surface area (Å²) in [5.41, 5.74) is 8.22. The first-order valence-electron chi connectivity index (χ1n) is 5.12. The molecule has 0 unspecified atom stereocenters. The lowest BCUT2D eigenvalue weighted by molar-refractivity contribution is 0.975. The van der Waals surface area contributed by atoms with Crippen LogP contribution in [0.2, 0.25) is 0 Å². The molecule has 1 heterocycles. The number of hydrogen-bond acceptors (Lipinski definition) is 2. The highest BCUT2D eigenvalue weighted by Crippen LogP contribution is 2.13. The highest BCUT2D eigenvalue weighted by Gasteiger charge is 2.00. The zero-order chi connectivity index (χ0) is 10.4. The second-order valence-electron chi connectivity index (χ2n) is 3.35. The first kappa shape index (κ1) is 10.8. The number of nitrogen functional groups attached to an aromatic ring is 1. The predicted molar refractivity (Wildman–Crippen MR) is 61.2 cm³/mol. The van der Waals surface area contributed by atoms with Crippen LogP contribution in [0.25, 0.3) is 0 Å². The summed E-state index contributed by atoms with van der Waals surface area (Å²) in [6.07, 6.45) is 9.11. The Kier molecular flexibility index (Phi) is 4.17. The van der Waals surface area contributed by atoms with Crippen molar-refractivity contribution in [2.24, 2.45) is 0 Å². The van der Waals surface area contributed by atoms with Crippen LogP contribution in [0.4, 0.5) is 5.82 Å². The average molecular weight is 190 g/mol. The minimum absolute atomic E-state index is 0.673. The van der Waals surface area contributed by atoms with Crippen molar-refractivity contribution in [3.8, 4) is 0 Å². The second-order valence-corrected chi connectivity index (χ2v) is 3.35. The van der Waals surface area contributed by atoms with Crippen LogP contribution in [-0.4, -0.2) is 4.98 Å². The molecular weight excluding hydrogens is 172 g/mol. The maximum atomic E-state index is 5.79. The number of nitrogens with two attached hydrogens (primary N) is 1. The van der Waals surface area contributed by atoms with E-state index in [9.17, 15) is 0 Å². The minimum atomic E-state index is 0.673. The summed E-state index contributed by atoms with van der Waals surface area (Å²) >= 11 is 0. The van der Waals surface area contributed by atoms with Gasteiger partial charge in [0.25, 0.3) is 0 Å². The van der Waals surface area contributed by atoms with E-state index < -0.39 is 0 Å². The van der Waals surface area contributed by atoms with Gasteiger partial charge in [-0.2, -0.15) is 0 Å². The third-order valence-corrected chi connectivity index (χ3v) is 2.28. The number of aryl methyl sites for hydroxylation is 2. The summed E-state index contributed by atoms with van der Waals surface area (Å²) in [4.78, 5) is 4.18. The molecule has 0 aromatic carbocycles. The number of pyridine rings is 1. The van der Waals surface area contributed by atoms with E-state index in [-0.39, 0.29) is 0 Å². The van der Waals surface area contributed by atoms with Crippen LogP contribution in [0.15, 0.2) is 24.4 Å². The van der Waals surface area contributed by atoms with E-state index in [0.717, 1.165) is 19.3 Å². The Bertz CT molecular complexity index is 316. The predicted octanol–water partition coefficient (Wildman–Crippen LogP) is 2.73. The Balaban J connectivity index is 2.73. The van der Waals surface area contributed by atoms with Gasteiger partial charge in [-0.15, -0.1) is 0 Å². The van der Waals surface area contributed by atoms with Gasteiger partial charge in [0.15, 0.2) is 0 Å². The number of aromatic nitrogens is 1. The van der Waals surface area contributed by atoms with Gasteiger partial charge in [0.05, 0.1) is 0 Å². The molecule has 1 aromatic rings. The Hall–Kier alpha value is -1.31. The molecule has 14 heavy (non-hydrogen) atoms. The van der Waals surface area contributed by atoms with Gasteiger partial charge in [0, 0.05) is 6.20 Å². The van der Waals surface area contributed by atoms with Crippen molar-refractivity contribution in [3.63, 3.8) is 0 Å². The topological polar surface area (TPSA) is 38.9 Å². The van der Waals surface area contributed by atoms with E-state index in [1.54, 1.807) is 0 Å². The van der Waals surface area contributed by atoms with Gasteiger partial charge in [0.1, 0.15) is 5.82 Å². The third-order valence-electron chi connectivity index (χ3n) is 2.28. The van der Waals surface area contributed by atoms with Gasteiger partial charge in [-0.1, -0.05) is 25.1 Å². The maximum Gasteiger partial charge on any atom is 0.126 e. The summed E-state index contributed by atoms with van der Waals surface area (Å²) in [5.74, 6) is 0.673. The van der Waals surface area contributed by atoms with Gasteiger partial charge in [0.2, 0.25) is 0 Å². The van der Waals surface area contributed by atoms with Gasteiger partial charge in [-0.25, -0.2) is 4.98 Å². The molecule has 0 saturated carbocycles. The molecule has 0 spiro atoms. The molecule has 0 atom stereocenters. The van der Waals surface area contributed by atoms with Crippen molar-refractivity contribution in [3.05, 3.63) is 35.5 Å². The van der Waals surface area contributed by atoms with Gasteiger partial charge in [-0.05, 0) is 37.3 Å². The van der Waals surface area contributed by atoms with Crippen molar-refractivity contribution in [2.75, 3.05) is 5.73 Å². The van der Waals surface area contributed by atoms with Gasteiger partial charge < -0.3 is 5.73 Å². The molecule has 2 heteroatoms. The molecule has 0 bridgehead atoms. The standard InChI is InChI=1S/C12H18N2/c1-3-5-6-7-11-8-10(4-2)9-14-12(11)13/h3,5,8-9H,4,6-7H2,1-2H3,(H2,13,14)/b5-3-. The second kappa shape index (κ2) is 5.43. The number of nitrogens with zero attached hydrogens (tertiary/aromatic N) is 1. The minimum Gasteiger partial charge on any atom is -0.383 e. The summed E-state index contributed by atoms with van der Waals surface area (Å²) in [6.45, 7) is 4.16. The number of hydrogen-bond donors (Lipinski definition) is 1. The van der Waals surface area contributed by atoms with Crippen molar-refractivity contribution in [2.45, 2.75) is 33.1 Å². The Morgan fingerprint density at radius 3 is 2.93 bits per heavy atom. The van der Waals surface area contributed by atoms with E-state index >= 15 is 0 Å². The van der Waals surface area contributed by atoms with E-state index in [1.165, 1.54) is 11.1 Å². The summed E-state index contributed by atoms with van der Waals surface area (Å²) in [7, 11) is 0. The fraction of sp³-hybridized carbons (Fsp3) is 0.417. The van der Waals surface area contributed by atoms with Gasteiger partial charge in [-0.3, -0.25) is 0 Å². The molecule has 0 aliphatic heterocycles. The first-order chi connectivity index (χ1) is 6.77. The molecule has 0 aliphatic rings. The fourth-order valence-corrected chi connectivity index (χ4v) is 1.37. The van der Waals surface area contributed by atoms with Gasteiger partial charge >= 0.3 is 0 Å². The van der Waals surface area contributed by atoms with E-state index in [1.807, 2.05) is 13.1 Å². The van der Waals surface area contributed by atoms with Crippen molar-refractivity contribution in [1.82, 2.24) is 4.98 Å². The molecule has 76 valence electrons. The third kappa shape index (κ3) is 2.87. The largest absolute Gasteiger partial charge is 0.383 e. The fourth-order valence-electron chi connectivity index (χ4n) is 1.37. The zero-order valence-corrected chi connectivity index (χ0v) is 8.96. The highest BCUT2D eigenvalue weighted by atomic mass is 14.8. The van der Waals surface area contributed by atoms with Crippen LogP contribution in [0.5, 0.6) is 0 Å². The van der Waals surface area contributed by atoms with Crippen LogP contribution in [0.1, 0.15) is 31.4 Å². The van der Waals surface area contributed by atoms with Crippen LogP contribution in [0.3, 0.4) is 0 Å².